The normalized spacial score (nSPS) is 14.3. The summed E-state index contributed by atoms with van der Waals surface area (Å²) in [6.07, 6.45) is 1.76. The fourth-order valence-electron chi connectivity index (χ4n) is 3.39. The third kappa shape index (κ3) is 4.84. The van der Waals surface area contributed by atoms with Crippen molar-refractivity contribution in [2.75, 3.05) is 12.1 Å². The van der Waals surface area contributed by atoms with E-state index in [0.29, 0.717) is 32.9 Å². The lowest BCUT2D eigenvalue weighted by atomic mass is 10.1. The van der Waals surface area contributed by atoms with E-state index >= 15 is 0 Å². The molecular weight excluding hydrogens is 502 g/mol. The maximum Gasteiger partial charge on any atom is 0.280 e. The number of nitrogens with zero attached hydrogens (tertiary/aromatic N) is 3. The van der Waals surface area contributed by atoms with Crippen LogP contribution in [0.15, 0.2) is 81.9 Å². The topological polar surface area (TPSA) is 94.3 Å². The summed E-state index contributed by atoms with van der Waals surface area (Å²) in [5.74, 6) is 0.758. The fourth-order valence-corrected chi connectivity index (χ4v) is 3.83. The first-order valence-corrected chi connectivity index (χ1v) is 11.1. The van der Waals surface area contributed by atoms with Gasteiger partial charge in [-0.25, -0.2) is 0 Å². The first kappa shape index (κ1) is 23.2. The van der Waals surface area contributed by atoms with Crippen LogP contribution >= 0.6 is 15.9 Å². The third-order valence-electron chi connectivity index (χ3n) is 5.19. The van der Waals surface area contributed by atoms with Crippen LogP contribution in [0.2, 0.25) is 0 Å². The molecule has 0 fully saturated rings. The van der Waals surface area contributed by atoms with Crippen LogP contribution < -0.4 is 14.5 Å². The number of methoxy groups -OCH3 is 1. The van der Waals surface area contributed by atoms with E-state index < -0.39 is 4.92 Å². The van der Waals surface area contributed by atoms with Crippen molar-refractivity contribution in [3.8, 4) is 11.5 Å². The van der Waals surface area contributed by atoms with Crippen molar-refractivity contribution in [2.24, 2.45) is 5.10 Å². The van der Waals surface area contributed by atoms with Crippen LogP contribution in [0.25, 0.3) is 6.08 Å². The lowest BCUT2D eigenvalue weighted by molar-refractivity contribution is -0.384. The quantitative estimate of drug-likeness (QED) is 0.224. The second-order valence-electron chi connectivity index (χ2n) is 7.43. The number of benzene rings is 3. The van der Waals surface area contributed by atoms with Gasteiger partial charge in [0, 0.05) is 16.6 Å². The van der Waals surface area contributed by atoms with Crippen LogP contribution in [0.4, 0.5) is 11.4 Å². The van der Waals surface area contributed by atoms with Gasteiger partial charge in [-0.3, -0.25) is 14.9 Å². The highest BCUT2D eigenvalue weighted by atomic mass is 79.9. The number of halogens is 1. The summed E-state index contributed by atoms with van der Waals surface area (Å²) in [7, 11) is 1.53. The summed E-state index contributed by atoms with van der Waals surface area (Å²) < 4.78 is 12.1. The molecule has 1 aliphatic rings. The highest BCUT2D eigenvalue weighted by molar-refractivity contribution is 9.10. The van der Waals surface area contributed by atoms with Gasteiger partial charge in [-0.1, -0.05) is 34.1 Å². The molecule has 0 radical (unpaired) electrons. The number of hydrazone groups is 1. The largest absolute Gasteiger partial charge is 0.493 e. The van der Waals surface area contributed by atoms with E-state index in [0.717, 1.165) is 11.1 Å². The summed E-state index contributed by atoms with van der Waals surface area (Å²) in [6, 6.07) is 18.9. The first-order chi connectivity index (χ1) is 16.4. The van der Waals surface area contributed by atoms with Crippen molar-refractivity contribution in [1.29, 1.82) is 0 Å². The van der Waals surface area contributed by atoms with Gasteiger partial charge in [0.1, 0.15) is 6.61 Å². The van der Waals surface area contributed by atoms with Crippen molar-refractivity contribution in [1.82, 2.24) is 0 Å². The van der Waals surface area contributed by atoms with E-state index in [4.69, 9.17) is 9.47 Å². The molecule has 0 saturated carbocycles. The Labute approximate surface area is 204 Å². The molecule has 0 aromatic heterocycles. The Morgan fingerprint density at radius 3 is 2.44 bits per heavy atom. The van der Waals surface area contributed by atoms with Gasteiger partial charge in [-0.15, -0.1) is 0 Å². The molecule has 3 aromatic carbocycles. The van der Waals surface area contributed by atoms with Crippen LogP contribution in [-0.2, 0) is 11.4 Å². The minimum atomic E-state index is -0.446. The molecule has 0 N–H and O–H groups in total. The van der Waals surface area contributed by atoms with E-state index in [9.17, 15) is 14.9 Å². The molecule has 0 aliphatic carbocycles. The number of para-hydroxylation sites is 1. The van der Waals surface area contributed by atoms with Gasteiger partial charge < -0.3 is 9.47 Å². The highest BCUT2D eigenvalue weighted by Gasteiger charge is 2.29. The number of anilines is 1. The second kappa shape index (κ2) is 9.88. The number of nitro groups is 1. The molecule has 1 heterocycles. The zero-order chi connectivity index (χ0) is 24.2. The Morgan fingerprint density at radius 2 is 1.79 bits per heavy atom. The predicted molar refractivity (Wildman–Crippen MR) is 133 cm³/mol. The van der Waals surface area contributed by atoms with Crippen LogP contribution in [0, 0.1) is 10.1 Å². The molecule has 0 bridgehead atoms. The van der Waals surface area contributed by atoms with E-state index in [1.807, 2.05) is 30.3 Å². The van der Waals surface area contributed by atoms with Crippen molar-refractivity contribution >= 4 is 45.0 Å². The number of hydrogen-bond donors (Lipinski definition) is 0. The van der Waals surface area contributed by atoms with Crippen LogP contribution in [0.3, 0.4) is 0 Å². The number of carbonyl (C=O) groups is 1. The molecule has 9 heteroatoms. The van der Waals surface area contributed by atoms with Gasteiger partial charge in [-0.2, -0.15) is 10.1 Å². The third-order valence-corrected chi connectivity index (χ3v) is 5.87. The van der Waals surface area contributed by atoms with Crippen LogP contribution in [0.1, 0.15) is 18.1 Å². The minimum Gasteiger partial charge on any atom is -0.493 e. The lowest BCUT2D eigenvalue weighted by Crippen LogP contribution is -2.21. The molecular formula is C25H20BrN3O5. The van der Waals surface area contributed by atoms with Crippen LogP contribution in [-0.4, -0.2) is 23.7 Å². The molecule has 0 unspecified atom stereocenters. The lowest BCUT2D eigenvalue weighted by Gasteiger charge is -2.13. The van der Waals surface area contributed by atoms with Crippen molar-refractivity contribution in [2.45, 2.75) is 13.5 Å². The highest BCUT2D eigenvalue weighted by Crippen LogP contribution is 2.36. The first-order valence-electron chi connectivity index (χ1n) is 10.3. The maximum absolute atomic E-state index is 13.0. The Bertz CT molecular complexity index is 1300. The van der Waals surface area contributed by atoms with Crippen molar-refractivity contribution < 1.29 is 19.2 Å². The Hall–Kier alpha value is -3.98. The number of ether oxygens (including phenoxy) is 2. The van der Waals surface area contributed by atoms with E-state index in [2.05, 4.69) is 21.0 Å². The van der Waals surface area contributed by atoms with Gasteiger partial charge in [0.25, 0.3) is 11.6 Å². The molecule has 172 valence electrons. The number of rotatable bonds is 7. The molecule has 4 rings (SSSR count). The van der Waals surface area contributed by atoms with Crippen molar-refractivity contribution in [3.63, 3.8) is 0 Å². The molecule has 1 aliphatic heterocycles. The van der Waals surface area contributed by atoms with Crippen molar-refractivity contribution in [3.05, 3.63) is 98.0 Å². The second-order valence-corrected chi connectivity index (χ2v) is 8.29. The molecule has 8 nitrogen and oxygen atoms in total. The summed E-state index contributed by atoms with van der Waals surface area (Å²) in [4.78, 5) is 23.4. The summed E-state index contributed by atoms with van der Waals surface area (Å²) in [5, 5.41) is 16.6. The molecule has 0 atom stereocenters. The molecule has 3 aromatic rings. The van der Waals surface area contributed by atoms with E-state index in [-0.39, 0.29) is 18.2 Å². The van der Waals surface area contributed by atoms with Gasteiger partial charge >= 0.3 is 0 Å². The smallest absolute Gasteiger partial charge is 0.280 e. The number of carbonyl (C=O) groups excluding carboxylic acids is 1. The summed E-state index contributed by atoms with van der Waals surface area (Å²) >= 11 is 3.55. The van der Waals surface area contributed by atoms with Gasteiger partial charge in [0.2, 0.25) is 0 Å². The van der Waals surface area contributed by atoms with Gasteiger partial charge in [-0.05, 0) is 60.5 Å². The fraction of sp³-hybridized carbons (Fsp3) is 0.120. The Morgan fingerprint density at radius 1 is 1.09 bits per heavy atom. The standard InChI is InChI=1S/C25H20BrN3O5/c1-16-21(25(30)28(27-16)19-6-4-3-5-7-19)12-18-13-23(33-2)24(14-22(18)26)34-15-17-8-10-20(11-9-17)29(31)32/h3-14H,15H2,1-2H3/b21-12+. The monoisotopic (exact) mass is 521 g/mol. The maximum atomic E-state index is 13.0. The number of amides is 1. The molecule has 34 heavy (non-hydrogen) atoms. The zero-order valence-electron chi connectivity index (χ0n) is 18.4. The zero-order valence-corrected chi connectivity index (χ0v) is 20.0. The molecule has 0 saturated heterocycles. The average molecular weight is 522 g/mol. The SMILES string of the molecule is COc1cc(/C=C2/C(=O)N(c3ccccc3)N=C2C)c(Br)cc1OCc1ccc([N+](=O)[O-])cc1. The molecule has 1 amide bonds. The van der Waals surface area contributed by atoms with E-state index in [1.54, 1.807) is 37.3 Å². The number of hydrogen-bond acceptors (Lipinski definition) is 6. The summed E-state index contributed by atoms with van der Waals surface area (Å²) in [5.41, 5.74) is 3.31. The minimum absolute atomic E-state index is 0.0209. The number of nitro benzene ring substituents is 1. The van der Waals surface area contributed by atoms with Gasteiger partial charge in [0.15, 0.2) is 11.5 Å². The predicted octanol–water partition coefficient (Wildman–Crippen LogP) is 5.75. The van der Waals surface area contributed by atoms with Crippen LogP contribution in [0.5, 0.6) is 11.5 Å². The Balaban J connectivity index is 1.56. The summed E-state index contributed by atoms with van der Waals surface area (Å²) in [6.45, 7) is 2.00. The van der Waals surface area contributed by atoms with Gasteiger partial charge in [0.05, 0.1) is 29.0 Å². The average Bonchev–Trinajstić information content (AvgIpc) is 3.13. The number of non-ortho nitro benzene ring substituents is 1. The van der Waals surface area contributed by atoms with E-state index in [1.165, 1.54) is 24.3 Å². The Kier molecular flexibility index (Phi) is 6.74. The molecule has 0 spiro atoms.